The van der Waals surface area contributed by atoms with Gasteiger partial charge in [0.05, 0.1) is 6.04 Å². The molecule has 0 bridgehead atoms. The van der Waals surface area contributed by atoms with E-state index in [0.29, 0.717) is 11.6 Å². The molecule has 2 nitrogen and oxygen atoms in total. The third-order valence-corrected chi connectivity index (χ3v) is 5.87. The highest BCUT2D eigenvalue weighted by atomic mass is 31.0. The summed E-state index contributed by atoms with van der Waals surface area (Å²) in [5, 5.41) is 3.97. The Morgan fingerprint density at radius 2 is 1.73 bits per heavy atom. The van der Waals surface area contributed by atoms with Gasteiger partial charge in [0, 0.05) is 11.4 Å². The molecule has 0 amide bonds. The van der Waals surface area contributed by atoms with Crippen molar-refractivity contribution in [3.8, 4) is 11.1 Å². The van der Waals surface area contributed by atoms with E-state index in [4.69, 9.17) is 5.73 Å². The van der Waals surface area contributed by atoms with Crippen LogP contribution in [0.25, 0.3) is 11.1 Å². The summed E-state index contributed by atoms with van der Waals surface area (Å²) in [7, 11) is 2.54. The van der Waals surface area contributed by atoms with Crippen LogP contribution in [0.4, 0.5) is 10.1 Å². The van der Waals surface area contributed by atoms with Crippen LogP contribution in [0.15, 0.2) is 103 Å². The highest BCUT2D eigenvalue weighted by molar-refractivity contribution is 7.28. The Bertz CT molecular complexity index is 1180. The second-order valence-corrected chi connectivity index (χ2v) is 9.16. The summed E-state index contributed by atoms with van der Waals surface area (Å²) in [6.07, 6.45) is 6.11. The van der Waals surface area contributed by atoms with Crippen molar-refractivity contribution in [2.75, 3.05) is 5.32 Å². The van der Waals surface area contributed by atoms with Gasteiger partial charge in [0.15, 0.2) is 0 Å². The van der Waals surface area contributed by atoms with Crippen LogP contribution in [-0.4, -0.2) is 0 Å². The molecule has 4 heteroatoms. The van der Waals surface area contributed by atoms with Crippen molar-refractivity contribution >= 4 is 20.2 Å². The number of hydrogen-bond acceptors (Lipinski definition) is 2. The lowest BCUT2D eigenvalue weighted by Crippen LogP contribution is -2.15. The Kier molecular flexibility index (Phi) is 8.38. The van der Waals surface area contributed by atoms with E-state index in [9.17, 15) is 4.39 Å². The first kappa shape index (κ1) is 24.6. The first-order chi connectivity index (χ1) is 15.7. The van der Waals surface area contributed by atoms with Crippen LogP contribution >= 0.6 is 9.24 Å². The van der Waals surface area contributed by atoms with E-state index >= 15 is 0 Å². The third-order valence-electron chi connectivity index (χ3n) is 5.39. The van der Waals surface area contributed by atoms with Gasteiger partial charge in [0.2, 0.25) is 0 Å². The van der Waals surface area contributed by atoms with E-state index in [-0.39, 0.29) is 11.9 Å². The summed E-state index contributed by atoms with van der Waals surface area (Å²) in [6, 6.07) is 21.1. The molecule has 170 valence electrons. The number of allylic oxidation sites excluding steroid dienone is 2. The monoisotopic (exact) mass is 458 g/mol. The SMILES string of the molecule is C=C(/C=C\C(=C/C(C)C)C(N)c1cc(-c2ccccc2)ccc1C)Nc1ccc(F)cc1P. The molecule has 3 N–H and O–H groups in total. The Morgan fingerprint density at radius 1 is 1.00 bits per heavy atom. The maximum absolute atomic E-state index is 13.4. The van der Waals surface area contributed by atoms with Crippen molar-refractivity contribution in [3.63, 3.8) is 0 Å². The minimum atomic E-state index is -0.275. The van der Waals surface area contributed by atoms with E-state index in [1.54, 1.807) is 6.07 Å². The Morgan fingerprint density at radius 3 is 2.39 bits per heavy atom. The molecule has 0 fully saturated rings. The maximum Gasteiger partial charge on any atom is 0.123 e. The topological polar surface area (TPSA) is 38.0 Å². The van der Waals surface area contributed by atoms with E-state index in [2.05, 4.69) is 78.3 Å². The maximum atomic E-state index is 13.4. The van der Waals surface area contributed by atoms with Gasteiger partial charge in [-0.15, -0.1) is 9.24 Å². The van der Waals surface area contributed by atoms with Gasteiger partial charge in [0.25, 0.3) is 0 Å². The predicted molar refractivity (Wildman–Crippen MR) is 144 cm³/mol. The van der Waals surface area contributed by atoms with Crippen molar-refractivity contribution in [3.05, 3.63) is 120 Å². The van der Waals surface area contributed by atoms with Gasteiger partial charge in [-0.1, -0.05) is 75.0 Å². The molecule has 2 atom stereocenters. The number of aryl methyl sites for hydroxylation is 1. The summed E-state index contributed by atoms with van der Waals surface area (Å²) in [4.78, 5) is 0. The number of benzene rings is 3. The van der Waals surface area contributed by atoms with Crippen molar-refractivity contribution in [1.29, 1.82) is 0 Å². The molecule has 3 rings (SSSR count). The third kappa shape index (κ3) is 6.74. The molecule has 0 radical (unpaired) electrons. The largest absolute Gasteiger partial charge is 0.356 e. The number of nitrogens with one attached hydrogen (secondary N) is 1. The fraction of sp³-hybridized carbons (Fsp3) is 0.172. The minimum Gasteiger partial charge on any atom is -0.356 e. The van der Waals surface area contributed by atoms with E-state index in [1.165, 1.54) is 17.7 Å². The van der Waals surface area contributed by atoms with Gasteiger partial charge in [-0.2, -0.15) is 0 Å². The molecule has 2 unspecified atom stereocenters. The smallest absolute Gasteiger partial charge is 0.123 e. The summed E-state index contributed by atoms with van der Waals surface area (Å²) in [5.41, 5.74) is 13.9. The normalized spacial score (nSPS) is 12.9. The molecule has 0 spiro atoms. The second-order valence-electron chi connectivity index (χ2n) is 8.54. The molecule has 33 heavy (non-hydrogen) atoms. The van der Waals surface area contributed by atoms with Crippen LogP contribution in [0.2, 0.25) is 0 Å². The van der Waals surface area contributed by atoms with Gasteiger partial charge in [0.1, 0.15) is 5.82 Å². The number of nitrogens with two attached hydrogens (primary N) is 1. The molecular weight excluding hydrogens is 426 g/mol. The molecule has 0 heterocycles. The molecule has 0 aliphatic heterocycles. The van der Waals surface area contributed by atoms with Crippen LogP contribution in [-0.2, 0) is 0 Å². The number of hydrogen-bond donors (Lipinski definition) is 2. The van der Waals surface area contributed by atoms with Crippen LogP contribution in [0.1, 0.15) is 31.0 Å². The van der Waals surface area contributed by atoms with Crippen LogP contribution in [0.5, 0.6) is 0 Å². The quantitative estimate of drug-likeness (QED) is 0.280. The van der Waals surface area contributed by atoms with E-state index < -0.39 is 0 Å². The van der Waals surface area contributed by atoms with Gasteiger partial charge in [-0.3, -0.25) is 0 Å². The Hall–Kier alpha value is -3.00. The number of rotatable bonds is 8. The predicted octanol–water partition coefficient (Wildman–Crippen LogP) is 7.07. The zero-order valence-electron chi connectivity index (χ0n) is 19.5. The molecule has 3 aromatic carbocycles. The molecule has 3 aromatic rings. The Labute approximate surface area is 199 Å². The van der Waals surface area contributed by atoms with Crippen LogP contribution < -0.4 is 16.4 Å². The molecule has 0 saturated heterocycles. The van der Waals surface area contributed by atoms with Crippen molar-refractivity contribution in [2.45, 2.75) is 26.8 Å². The first-order valence-electron chi connectivity index (χ1n) is 11.1. The molecule has 0 aliphatic rings. The van der Waals surface area contributed by atoms with Gasteiger partial charge in [-0.25, -0.2) is 4.39 Å². The zero-order valence-corrected chi connectivity index (χ0v) is 20.6. The summed E-state index contributed by atoms with van der Waals surface area (Å²) in [5.74, 6) is 0.0678. The average Bonchev–Trinajstić information content (AvgIpc) is 2.79. The van der Waals surface area contributed by atoms with Gasteiger partial charge in [-0.05, 0) is 76.3 Å². The Balaban J connectivity index is 1.86. The van der Waals surface area contributed by atoms with E-state index in [1.807, 2.05) is 30.4 Å². The average molecular weight is 459 g/mol. The highest BCUT2D eigenvalue weighted by Gasteiger charge is 2.14. The fourth-order valence-corrected chi connectivity index (χ4v) is 4.00. The van der Waals surface area contributed by atoms with Crippen molar-refractivity contribution < 1.29 is 4.39 Å². The highest BCUT2D eigenvalue weighted by Crippen LogP contribution is 2.29. The summed E-state index contributed by atoms with van der Waals surface area (Å²) in [6.45, 7) is 10.5. The van der Waals surface area contributed by atoms with Gasteiger partial charge >= 0.3 is 0 Å². The standard InChI is InChI=1S/C29H32FN2P/c1-19(2)16-24(13-11-21(4)32-27-15-14-25(30)18-28(27)33)29(31)26-17-23(12-10-20(26)3)22-8-6-5-7-9-22/h5-19,29,32H,4,31,33H2,1-3H3/b13-11-,24-16+. The lowest BCUT2D eigenvalue weighted by Gasteiger charge is -2.19. The first-order valence-corrected chi connectivity index (χ1v) is 11.6. The zero-order chi connectivity index (χ0) is 24.0. The van der Waals surface area contributed by atoms with E-state index in [0.717, 1.165) is 33.3 Å². The number of halogens is 1. The van der Waals surface area contributed by atoms with Crippen molar-refractivity contribution in [2.24, 2.45) is 11.7 Å². The minimum absolute atomic E-state index is 0.270. The number of anilines is 1. The fourth-order valence-electron chi connectivity index (χ4n) is 3.67. The molecule has 0 saturated carbocycles. The van der Waals surface area contributed by atoms with Crippen molar-refractivity contribution in [1.82, 2.24) is 0 Å². The summed E-state index contributed by atoms with van der Waals surface area (Å²) >= 11 is 0. The van der Waals surface area contributed by atoms with Crippen LogP contribution in [0.3, 0.4) is 0 Å². The van der Waals surface area contributed by atoms with Gasteiger partial charge < -0.3 is 11.1 Å². The lowest BCUT2D eigenvalue weighted by molar-refractivity contribution is 0.629. The molecule has 0 aliphatic carbocycles. The van der Waals surface area contributed by atoms with Crippen LogP contribution in [0, 0.1) is 18.7 Å². The molecule has 0 aromatic heterocycles. The lowest BCUT2D eigenvalue weighted by atomic mass is 9.90. The molecular formula is C29H32FN2P. The summed E-state index contributed by atoms with van der Waals surface area (Å²) < 4.78 is 13.4. The second kappa shape index (κ2) is 11.2.